The number of aryl methyl sites for hydroxylation is 1. The predicted octanol–water partition coefficient (Wildman–Crippen LogP) is 2.39. The van der Waals surface area contributed by atoms with E-state index in [0.29, 0.717) is 5.69 Å². The summed E-state index contributed by atoms with van der Waals surface area (Å²) in [5, 5.41) is 2.90. The van der Waals surface area contributed by atoms with Gasteiger partial charge in [-0.2, -0.15) is 0 Å². The number of rotatable bonds is 4. The van der Waals surface area contributed by atoms with Gasteiger partial charge in [0.15, 0.2) is 0 Å². The Hall–Kier alpha value is -2.24. The van der Waals surface area contributed by atoms with E-state index in [2.05, 4.69) is 27.1 Å². The van der Waals surface area contributed by atoms with Crippen molar-refractivity contribution in [1.29, 1.82) is 0 Å². The molecular weight excluding hydrogens is 300 g/mol. The summed E-state index contributed by atoms with van der Waals surface area (Å²) in [4.78, 5) is 21.6. The highest BCUT2D eigenvalue weighted by atomic mass is 16.1. The molecule has 1 saturated heterocycles. The van der Waals surface area contributed by atoms with Gasteiger partial charge >= 0.3 is 0 Å². The molecule has 1 amide bonds. The van der Waals surface area contributed by atoms with Crippen LogP contribution in [0.1, 0.15) is 21.7 Å². The first-order chi connectivity index (χ1) is 11.6. The second kappa shape index (κ2) is 7.55. The number of anilines is 1. The van der Waals surface area contributed by atoms with Crippen molar-refractivity contribution >= 4 is 11.6 Å². The molecule has 5 nitrogen and oxygen atoms in total. The van der Waals surface area contributed by atoms with Gasteiger partial charge in [0.05, 0.1) is 5.69 Å². The number of nitrogens with zero attached hydrogens (tertiary/aromatic N) is 3. The summed E-state index contributed by atoms with van der Waals surface area (Å²) < 4.78 is 0. The second-order valence-electron chi connectivity index (χ2n) is 6.41. The van der Waals surface area contributed by atoms with Crippen LogP contribution >= 0.6 is 0 Å². The number of carbonyl (C=O) groups excluding carboxylic acids is 1. The van der Waals surface area contributed by atoms with E-state index in [-0.39, 0.29) is 5.91 Å². The third-order valence-corrected chi connectivity index (χ3v) is 4.33. The van der Waals surface area contributed by atoms with E-state index in [9.17, 15) is 4.79 Å². The number of pyridine rings is 1. The Balaban J connectivity index is 1.63. The Morgan fingerprint density at radius 1 is 1.08 bits per heavy atom. The van der Waals surface area contributed by atoms with Crippen molar-refractivity contribution in [1.82, 2.24) is 14.8 Å². The summed E-state index contributed by atoms with van der Waals surface area (Å²) >= 11 is 0. The molecule has 1 N–H and O–H groups in total. The maximum Gasteiger partial charge on any atom is 0.274 e. The normalized spacial score (nSPS) is 16.1. The fraction of sp³-hybridized carbons (Fsp3) is 0.368. The SMILES string of the molecule is Cc1ccc(NC(=O)c2cccc(CN3CCN(C)CC3)n2)cc1. The van der Waals surface area contributed by atoms with Crippen LogP contribution in [0.4, 0.5) is 5.69 Å². The third kappa shape index (κ3) is 4.40. The Kier molecular flexibility index (Phi) is 5.23. The fourth-order valence-corrected chi connectivity index (χ4v) is 2.76. The molecule has 1 aromatic carbocycles. The predicted molar refractivity (Wildman–Crippen MR) is 96.1 cm³/mol. The van der Waals surface area contributed by atoms with Crippen molar-refractivity contribution < 1.29 is 4.79 Å². The molecule has 0 saturated carbocycles. The van der Waals surface area contributed by atoms with E-state index >= 15 is 0 Å². The molecule has 0 bridgehead atoms. The number of hydrogen-bond donors (Lipinski definition) is 1. The van der Waals surface area contributed by atoms with Gasteiger partial charge in [-0.05, 0) is 38.2 Å². The molecule has 1 aliphatic rings. The standard InChI is InChI=1S/C19H24N4O/c1-15-6-8-16(9-7-15)21-19(24)18-5-3-4-17(20-18)14-23-12-10-22(2)11-13-23/h3-9H,10-14H2,1-2H3,(H,21,24). The maximum atomic E-state index is 12.4. The van der Waals surface area contributed by atoms with E-state index < -0.39 is 0 Å². The Morgan fingerprint density at radius 2 is 1.79 bits per heavy atom. The average molecular weight is 324 g/mol. The minimum atomic E-state index is -0.168. The van der Waals surface area contributed by atoms with E-state index in [1.807, 2.05) is 43.3 Å². The Morgan fingerprint density at radius 3 is 2.50 bits per heavy atom. The zero-order valence-corrected chi connectivity index (χ0v) is 14.3. The number of hydrogen-bond acceptors (Lipinski definition) is 4. The lowest BCUT2D eigenvalue weighted by Crippen LogP contribution is -2.44. The van der Waals surface area contributed by atoms with Crippen LogP contribution in [0, 0.1) is 6.92 Å². The number of aromatic nitrogens is 1. The van der Waals surface area contributed by atoms with Crippen LogP contribution in [-0.2, 0) is 6.54 Å². The minimum absolute atomic E-state index is 0.168. The lowest BCUT2D eigenvalue weighted by atomic mass is 10.2. The highest BCUT2D eigenvalue weighted by Gasteiger charge is 2.15. The smallest absolute Gasteiger partial charge is 0.274 e. The summed E-state index contributed by atoms with van der Waals surface area (Å²) in [6.07, 6.45) is 0. The average Bonchev–Trinajstić information content (AvgIpc) is 2.59. The highest BCUT2D eigenvalue weighted by molar-refractivity contribution is 6.02. The highest BCUT2D eigenvalue weighted by Crippen LogP contribution is 2.11. The van der Waals surface area contributed by atoms with Crippen LogP contribution in [0.2, 0.25) is 0 Å². The van der Waals surface area contributed by atoms with Gasteiger partial charge in [-0.25, -0.2) is 4.98 Å². The zero-order valence-electron chi connectivity index (χ0n) is 14.3. The lowest BCUT2D eigenvalue weighted by molar-refractivity contribution is 0.102. The largest absolute Gasteiger partial charge is 0.321 e. The number of benzene rings is 1. The van der Waals surface area contributed by atoms with Crippen LogP contribution in [0.25, 0.3) is 0 Å². The Labute approximate surface area is 143 Å². The molecular formula is C19H24N4O. The molecule has 0 aliphatic carbocycles. The number of likely N-dealkylation sites (N-methyl/N-ethyl adjacent to an activating group) is 1. The molecule has 24 heavy (non-hydrogen) atoms. The molecule has 0 unspecified atom stereocenters. The molecule has 0 radical (unpaired) electrons. The molecule has 1 fully saturated rings. The first kappa shape index (κ1) is 16.6. The summed E-state index contributed by atoms with van der Waals surface area (Å²) in [7, 11) is 2.14. The van der Waals surface area contributed by atoms with Gasteiger partial charge in [0.2, 0.25) is 0 Å². The number of carbonyl (C=O) groups is 1. The maximum absolute atomic E-state index is 12.4. The Bertz CT molecular complexity index is 691. The van der Waals surface area contributed by atoms with Gasteiger partial charge in [0.1, 0.15) is 5.69 Å². The van der Waals surface area contributed by atoms with Crippen LogP contribution in [0.3, 0.4) is 0 Å². The fourth-order valence-electron chi connectivity index (χ4n) is 2.76. The monoisotopic (exact) mass is 324 g/mol. The van der Waals surface area contributed by atoms with Gasteiger partial charge < -0.3 is 10.2 Å². The summed E-state index contributed by atoms with van der Waals surface area (Å²) in [6, 6.07) is 13.4. The van der Waals surface area contributed by atoms with Crippen molar-refractivity contribution in [2.45, 2.75) is 13.5 Å². The molecule has 126 valence electrons. The van der Waals surface area contributed by atoms with Crippen LogP contribution < -0.4 is 5.32 Å². The molecule has 1 aromatic heterocycles. The van der Waals surface area contributed by atoms with Gasteiger partial charge in [-0.15, -0.1) is 0 Å². The van der Waals surface area contributed by atoms with Crippen molar-refractivity contribution in [3.63, 3.8) is 0 Å². The zero-order chi connectivity index (χ0) is 16.9. The molecule has 3 rings (SSSR count). The van der Waals surface area contributed by atoms with E-state index in [4.69, 9.17) is 0 Å². The molecule has 0 atom stereocenters. The topological polar surface area (TPSA) is 48.5 Å². The molecule has 5 heteroatoms. The first-order valence-electron chi connectivity index (χ1n) is 8.35. The molecule has 0 spiro atoms. The number of nitrogens with one attached hydrogen (secondary N) is 1. The summed E-state index contributed by atoms with van der Waals surface area (Å²) in [5.41, 5.74) is 3.36. The third-order valence-electron chi connectivity index (χ3n) is 4.33. The van der Waals surface area contributed by atoms with Crippen molar-refractivity contribution in [2.75, 3.05) is 38.5 Å². The van der Waals surface area contributed by atoms with Gasteiger partial charge in [-0.1, -0.05) is 23.8 Å². The number of amides is 1. The summed E-state index contributed by atoms with van der Waals surface area (Å²) in [6.45, 7) is 7.05. The lowest BCUT2D eigenvalue weighted by Gasteiger charge is -2.32. The number of piperazine rings is 1. The molecule has 2 heterocycles. The van der Waals surface area contributed by atoms with Crippen LogP contribution in [-0.4, -0.2) is 53.9 Å². The van der Waals surface area contributed by atoms with Crippen molar-refractivity contribution in [3.8, 4) is 0 Å². The van der Waals surface area contributed by atoms with E-state index in [0.717, 1.165) is 44.1 Å². The van der Waals surface area contributed by atoms with Gasteiger partial charge in [0.25, 0.3) is 5.91 Å². The van der Waals surface area contributed by atoms with Gasteiger partial charge in [-0.3, -0.25) is 9.69 Å². The first-order valence-corrected chi connectivity index (χ1v) is 8.35. The molecule has 1 aliphatic heterocycles. The molecule has 2 aromatic rings. The summed E-state index contributed by atoms with van der Waals surface area (Å²) in [5.74, 6) is -0.168. The van der Waals surface area contributed by atoms with E-state index in [1.165, 1.54) is 5.56 Å². The quantitative estimate of drug-likeness (QED) is 0.938. The van der Waals surface area contributed by atoms with Crippen molar-refractivity contribution in [2.24, 2.45) is 0 Å². The second-order valence-corrected chi connectivity index (χ2v) is 6.41. The minimum Gasteiger partial charge on any atom is -0.321 e. The van der Waals surface area contributed by atoms with Crippen LogP contribution in [0.5, 0.6) is 0 Å². The van der Waals surface area contributed by atoms with Crippen LogP contribution in [0.15, 0.2) is 42.5 Å². The van der Waals surface area contributed by atoms with Crippen molar-refractivity contribution in [3.05, 3.63) is 59.4 Å². The van der Waals surface area contributed by atoms with E-state index in [1.54, 1.807) is 6.07 Å². The van der Waals surface area contributed by atoms with Gasteiger partial charge in [0, 0.05) is 38.4 Å².